The minimum atomic E-state index is -0.475. The highest BCUT2D eigenvalue weighted by atomic mass is 127. The van der Waals surface area contributed by atoms with Gasteiger partial charge in [0.25, 0.3) is 0 Å². The minimum absolute atomic E-state index is 0.00593. The molecule has 0 aliphatic heterocycles. The zero-order valence-corrected chi connectivity index (χ0v) is 19.7. The van der Waals surface area contributed by atoms with E-state index in [9.17, 15) is 10.1 Å². The Morgan fingerprint density at radius 1 is 1.33 bits per heavy atom. The number of rotatable bonds is 10. The van der Waals surface area contributed by atoms with Crippen molar-refractivity contribution >= 4 is 28.6 Å². The molecule has 2 atom stereocenters. The van der Waals surface area contributed by atoms with Gasteiger partial charge in [0.1, 0.15) is 11.6 Å². The molecule has 152 valence electrons. The first-order chi connectivity index (χ1) is 12.8. The van der Waals surface area contributed by atoms with E-state index in [-0.39, 0.29) is 11.0 Å². The number of allylic oxidation sites excluding steroid dienone is 3. The zero-order chi connectivity index (χ0) is 20.4. The van der Waals surface area contributed by atoms with Crippen LogP contribution in [0.25, 0.3) is 0 Å². The second-order valence-corrected chi connectivity index (χ2v) is 9.74. The molecular formula is C22H35IN2O2. The van der Waals surface area contributed by atoms with Crippen LogP contribution in [-0.2, 0) is 9.53 Å². The molecule has 0 bridgehead atoms. The Balaban J connectivity index is 2.96. The van der Waals surface area contributed by atoms with Crippen molar-refractivity contribution < 1.29 is 9.53 Å². The van der Waals surface area contributed by atoms with Crippen LogP contribution in [0.5, 0.6) is 0 Å². The number of nitriles is 1. The molecule has 0 aromatic heterocycles. The van der Waals surface area contributed by atoms with Crippen LogP contribution in [0.4, 0.5) is 0 Å². The van der Waals surface area contributed by atoms with Crippen LogP contribution in [0.1, 0.15) is 79.6 Å². The van der Waals surface area contributed by atoms with Gasteiger partial charge in [-0.05, 0) is 48.7 Å². The second kappa shape index (κ2) is 11.7. The molecule has 5 heteroatoms. The molecule has 0 heterocycles. The third-order valence-corrected chi connectivity index (χ3v) is 6.21. The van der Waals surface area contributed by atoms with Crippen molar-refractivity contribution in [3.05, 3.63) is 22.9 Å². The largest absolute Gasteiger partial charge is 0.461 e. The summed E-state index contributed by atoms with van der Waals surface area (Å²) >= 11 is 2.38. The van der Waals surface area contributed by atoms with Crippen molar-refractivity contribution in [1.29, 1.82) is 5.26 Å². The van der Waals surface area contributed by atoms with E-state index < -0.39 is 5.97 Å². The molecule has 27 heavy (non-hydrogen) atoms. The van der Waals surface area contributed by atoms with Gasteiger partial charge in [-0.1, -0.05) is 76.5 Å². The zero-order valence-electron chi connectivity index (χ0n) is 17.5. The van der Waals surface area contributed by atoms with Crippen molar-refractivity contribution in [3.8, 4) is 6.07 Å². The number of carbonyl (C=O) groups excluding carboxylic acids is 1. The molecule has 4 nitrogen and oxygen atoms in total. The van der Waals surface area contributed by atoms with E-state index in [0.717, 1.165) is 49.8 Å². The molecule has 0 saturated heterocycles. The van der Waals surface area contributed by atoms with E-state index in [4.69, 9.17) is 4.74 Å². The number of nitrogens with one attached hydrogen (secondary N) is 1. The molecule has 0 fully saturated rings. The molecule has 2 unspecified atom stereocenters. The van der Waals surface area contributed by atoms with E-state index in [2.05, 4.69) is 68.6 Å². The number of halogens is 1. The number of hydrogen-bond acceptors (Lipinski definition) is 4. The summed E-state index contributed by atoms with van der Waals surface area (Å²) in [6.45, 7) is 11.2. The number of ether oxygens (including phenoxy) is 1. The molecule has 1 aliphatic rings. The number of carbonyl (C=O) groups is 1. The van der Waals surface area contributed by atoms with Gasteiger partial charge in [-0.25, -0.2) is 4.79 Å². The van der Waals surface area contributed by atoms with Gasteiger partial charge in [-0.15, -0.1) is 0 Å². The lowest BCUT2D eigenvalue weighted by Gasteiger charge is -2.33. The lowest BCUT2D eigenvalue weighted by Crippen LogP contribution is -2.29. The van der Waals surface area contributed by atoms with Crippen molar-refractivity contribution in [3.63, 3.8) is 0 Å². The summed E-state index contributed by atoms with van der Waals surface area (Å²) in [5, 5.41) is 13.1. The van der Waals surface area contributed by atoms with Gasteiger partial charge in [0.15, 0.2) is 0 Å². The Bertz CT molecular complexity index is 602. The molecule has 1 N–H and O–H groups in total. The van der Waals surface area contributed by atoms with Gasteiger partial charge in [0.05, 0.1) is 10.7 Å². The quantitative estimate of drug-likeness (QED) is 0.102. The normalized spacial score (nSPS) is 20.1. The fraction of sp³-hybridized carbons (Fsp3) is 0.727. The van der Waals surface area contributed by atoms with Gasteiger partial charge < -0.3 is 10.1 Å². The molecular weight excluding hydrogens is 451 g/mol. The number of hydrogen-bond donors (Lipinski definition) is 1. The Morgan fingerprint density at radius 2 is 2.04 bits per heavy atom. The van der Waals surface area contributed by atoms with Crippen LogP contribution in [0.2, 0.25) is 0 Å². The molecule has 1 rings (SSSR count). The average molecular weight is 486 g/mol. The Kier molecular flexibility index (Phi) is 10.4. The van der Waals surface area contributed by atoms with Crippen molar-refractivity contribution in [2.45, 2.75) is 83.6 Å². The highest BCUT2D eigenvalue weighted by Gasteiger charge is 2.30. The monoisotopic (exact) mass is 486 g/mol. The van der Waals surface area contributed by atoms with Crippen LogP contribution >= 0.6 is 22.6 Å². The molecule has 1 aliphatic carbocycles. The van der Waals surface area contributed by atoms with E-state index in [1.807, 2.05) is 6.08 Å². The molecule has 0 aromatic rings. The maximum absolute atomic E-state index is 12.6. The highest BCUT2D eigenvalue weighted by molar-refractivity contribution is 14.1. The summed E-state index contributed by atoms with van der Waals surface area (Å²) in [6.07, 6.45) is 8.96. The van der Waals surface area contributed by atoms with Crippen molar-refractivity contribution in [2.75, 3.05) is 6.61 Å². The summed E-state index contributed by atoms with van der Waals surface area (Å²) in [5.74, 6) is -0.101. The molecule has 0 spiro atoms. The summed E-state index contributed by atoms with van der Waals surface area (Å²) in [7, 11) is 0. The Labute approximate surface area is 178 Å². The van der Waals surface area contributed by atoms with E-state index in [0.29, 0.717) is 23.0 Å². The van der Waals surface area contributed by atoms with Crippen LogP contribution in [0, 0.1) is 22.7 Å². The smallest absolute Gasteiger partial charge is 0.349 e. The first kappa shape index (κ1) is 24.0. The third kappa shape index (κ3) is 8.25. The first-order valence-corrected chi connectivity index (χ1v) is 11.4. The summed E-state index contributed by atoms with van der Waals surface area (Å²) in [6, 6.07) is 2.11. The summed E-state index contributed by atoms with van der Waals surface area (Å²) in [5.41, 5.74) is 2.06. The lowest BCUT2D eigenvalue weighted by atomic mass is 9.76. The standard InChI is InChI=1S/C22H35IN2O2/c1-6-9-10-16(7-2)15-27-21(26)19(14-24)17-11-18(25-20(23)8-3)13-22(4,5)12-17/h11,16,20,25H,6-10,12-13,15H2,1-5H3/b19-17+. The average Bonchev–Trinajstić information content (AvgIpc) is 2.61. The topological polar surface area (TPSA) is 62.1 Å². The lowest BCUT2D eigenvalue weighted by molar-refractivity contribution is -0.140. The Morgan fingerprint density at radius 3 is 2.59 bits per heavy atom. The van der Waals surface area contributed by atoms with Gasteiger partial charge >= 0.3 is 5.97 Å². The second-order valence-electron chi connectivity index (χ2n) is 8.23. The first-order valence-electron chi connectivity index (χ1n) is 10.2. The summed E-state index contributed by atoms with van der Waals surface area (Å²) in [4.78, 5) is 12.6. The van der Waals surface area contributed by atoms with Gasteiger partial charge in [0, 0.05) is 5.70 Å². The van der Waals surface area contributed by atoms with Crippen LogP contribution < -0.4 is 5.32 Å². The predicted octanol–water partition coefficient (Wildman–Crippen LogP) is 6.03. The molecule has 0 saturated carbocycles. The number of esters is 1. The van der Waals surface area contributed by atoms with Gasteiger partial charge in [-0.3, -0.25) is 0 Å². The van der Waals surface area contributed by atoms with E-state index in [1.54, 1.807) is 0 Å². The van der Waals surface area contributed by atoms with Gasteiger partial charge in [-0.2, -0.15) is 5.26 Å². The van der Waals surface area contributed by atoms with Crippen molar-refractivity contribution in [2.24, 2.45) is 11.3 Å². The molecule has 0 aromatic carbocycles. The maximum atomic E-state index is 12.6. The number of unbranched alkanes of at least 4 members (excludes halogenated alkanes) is 1. The maximum Gasteiger partial charge on any atom is 0.349 e. The van der Waals surface area contributed by atoms with Crippen LogP contribution in [0.3, 0.4) is 0 Å². The number of alkyl halides is 1. The van der Waals surface area contributed by atoms with Crippen molar-refractivity contribution in [1.82, 2.24) is 5.32 Å². The third-order valence-electron chi connectivity index (χ3n) is 5.02. The molecule has 0 radical (unpaired) electrons. The number of nitrogens with zero attached hydrogens (tertiary/aromatic N) is 1. The molecule has 0 amide bonds. The summed E-state index contributed by atoms with van der Waals surface area (Å²) < 4.78 is 5.87. The van der Waals surface area contributed by atoms with Crippen LogP contribution in [0.15, 0.2) is 22.9 Å². The highest BCUT2D eigenvalue weighted by Crippen LogP contribution is 2.38. The van der Waals surface area contributed by atoms with E-state index in [1.165, 1.54) is 0 Å². The van der Waals surface area contributed by atoms with Gasteiger partial charge in [0.2, 0.25) is 0 Å². The SMILES string of the molecule is CCCCC(CC)COC(=O)/C(C#N)=C1\C=C(NC(I)CC)CC(C)(C)C1. The van der Waals surface area contributed by atoms with E-state index >= 15 is 0 Å². The predicted molar refractivity (Wildman–Crippen MR) is 119 cm³/mol. The minimum Gasteiger partial charge on any atom is -0.461 e. The fourth-order valence-electron chi connectivity index (χ4n) is 3.37. The van der Waals surface area contributed by atoms with Crippen LogP contribution in [-0.4, -0.2) is 16.6 Å². The Hall–Kier alpha value is -1.03. The fourth-order valence-corrected chi connectivity index (χ4v) is 3.77.